The van der Waals surface area contributed by atoms with Crippen LogP contribution in [0.2, 0.25) is 0 Å². The van der Waals surface area contributed by atoms with Gasteiger partial charge in [-0.15, -0.1) is 0 Å². The van der Waals surface area contributed by atoms with Crippen molar-refractivity contribution < 1.29 is 27.5 Å². The van der Waals surface area contributed by atoms with Gasteiger partial charge in [0.05, 0.1) is 13.2 Å². The normalized spacial score (nSPS) is 23.7. The van der Waals surface area contributed by atoms with Crippen LogP contribution in [0.4, 0.5) is 18.9 Å². The zero-order valence-electron chi connectivity index (χ0n) is 21.3. The number of hydrogen-bond acceptors (Lipinski definition) is 7. The lowest BCUT2D eigenvalue weighted by molar-refractivity contribution is -0.220. The number of rotatable bonds is 8. The molecule has 9 nitrogen and oxygen atoms in total. The van der Waals surface area contributed by atoms with Gasteiger partial charge in [-0.3, -0.25) is 25.2 Å². The highest BCUT2D eigenvalue weighted by atomic mass is 19.4. The number of anilines is 1. The number of carbonyl (C=O) groups is 2. The fraction of sp³-hybridized carbons (Fsp3) is 0.370. The van der Waals surface area contributed by atoms with E-state index >= 15 is 0 Å². The number of amides is 2. The smallest absolute Gasteiger partial charge is 0.379 e. The van der Waals surface area contributed by atoms with Crippen LogP contribution in [0.1, 0.15) is 17.5 Å². The largest absolute Gasteiger partial charge is 0.406 e. The van der Waals surface area contributed by atoms with Gasteiger partial charge < -0.3 is 20.7 Å². The Hall–Kier alpha value is -3.74. The number of nitrogens with zero attached hydrogens (tertiary/aromatic N) is 2. The molecule has 2 aliphatic rings. The first-order valence-corrected chi connectivity index (χ1v) is 12.5. The van der Waals surface area contributed by atoms with Gasteiger partial charge in [-0.25, -0.2) is 0 Å². The van der Waals surface area contributed by atoms with Crippen LogP contribution in [-0.2, 0) is 20.7 Å². The molecule has 1 fully saturated rings. The first-order chi connectivity index (χ1) is 18.6. The van der Waals surface area contributed by atoms with Gasteiger partial charge in [0.15, 0.2) is 5.41 Å². The van der Waals surface area contributed by atoms with Crippen LogP contribution in [-0.4, -0.2) is 66.5 Å². The second-order valence-electron chi connectivity index (χ2n) is 9.49. The van der Waals surface area contributed by atoms with E-state index in [1.165, 1.54) is 12.4 Å². The molecule has 2 unspecified atom stereocenters. The van der Waals surface area contributed by atoms with Gasteiger partial charge in [0.25, 0.3) is 0 Å². The third kappa shape index (κ3) is 6.29. The van der Waals surface area contributed by atoms with E-state index in [0.717, 1.165) is 17.7 Å². The maximum atomic E-state index is 14.9. The molecule has 2 aliphatic heterocycles. The fourth-order valence-corrected chi connectivity index (χ4v) is 4.75. The number of nitrogens with one attached hydrogen (secondary N) is 3. The number of morpholine rings is 1. The predicted molar refractivity (Wildman–Crippen MR) is 140 cm³/mol. The molecule has 39 heavy (non-hydrogen) atoms. The lowest BCUT2D eigenvalue weighted by atomic mass is 9.75. The highest BCUT2D eigenvalue weighted by molar-refractivity contribution is 5.98. The van der Waals surface area contributed by atoms with Crippen LogP contribution in [0.5, 0.6) is 0 Å². The standard InChI is InChI=1S/C27H31F3N6O3/c1-2-23(37)34-21-7-5-19(6-8-21)9-11-33-24(38)25(27(28,29)30)16-22(20-4-3-10-32-17-20)35-26(31,18-25)36-12-14-39-15-13-36/h2-8,10,16-17,35H,1,9,11-15,18,31H2,(H,33,38)(H,34,37). The average molecular weight is 545 g/mol. The van der Waals surface area contributed by atoms with Crippen molar-refractivity contribution in [2.75, 3.05) is 38.2 Å². The Morgan fingerprint density at radius 1 is 1.21 bits per heavy atom. The van der Waals surface area contributed by atoms with Crippen molar-refractivity contribution in [1.29, 1.82) is 0 Å². The summed E-state index contributed by atoms with van der Waals surface area (Å²) in [5.41, 5.74) is 5.51. The van der Waals surface area contributed by atoms with Gasteiger partial charge in [0.2, 0.25) is 11.8 Å². The molecule has 0 radical (unpaired) electrons. The van der Waals surface area contributed by atoms with Crippen LogP contribution in [0, 0.1) is 5.41 Å². The molecule has 5 N–H and O–H groups in total. The number of aromatic nitrogens is 1. The van der Waals surface area contributed by atoms with Gasteiger partial charge in [0.1, 0.15) is 5.79 Å². The van der Waals surface area contributed by atoms with E-state index in [1.807, 2.05) is 0 Å². The molecule has 0 aliphatic carbocycles. The van der Waals surface area contributed by atoms with Crippen LogP contribution in [0.15, 0.2) is 67.5 Å². The first kappa shape index (κ1) is 28.3. The second kappa shape index (κ2) is 11.6. The molecule has 208 valence electrons. The summed E-state index contributed by atoms with van der Waals surface area (Å²) in [6.45, 7) is 4.60. The Kier molecular flexibility index (Phi) is 8.38. The number of carbonyl (C=O) groups excluding carboxylic acids is 2. The molecular formula is C27H31F3N6O3. The number of benzene rings is 1. The predicted octanol–water partition coefficient (Wildman–Crippen LogP) is 2.39. The number of nitrogens with two attached hydrogens (primary N) is 1. The molecule has 2 aromatic rings. The molecule has 12 heteroatoms. The van der Waals surface area contributed by atoms with Crippen LogP contribution in [0.3, 0.4) is 0 Å². The van der Waals surface area contributed by atoms with E-state index in [9.17, 15) is 22.8 Å². The SMILES string of the molecule is C=CC(=O)Nc1ccc(CCNC(=O)C2(C(F)(F)F)C=C(c3cccnc3)NC(N)(N3CCOCC3)C2)cc1. The summed E-state index contributed by atoms with van der Waals surface area (Å²) in [7, 11) is 0. The van der Waals surface area contributed by atoms with Crippen molar-refractivity contribution in [3.05, 3.63) is 78.6 Å². The molecule has 0 bridgehead atoms. The summed E-state index contributed by atoms with van der Waals surface area (Å²) < 4.78 is 50.0. The second-order valence-corrected chi connectivity index (χ2v) is 9.49. The Balaban J connectivity index is 1.58. The Morgan fingerprint density at radius 3 is 2.54 bits per heavy atom. The summed E-state index contributed by atoms with van der Waals surface area (Å²) in [6.07, 6.45) is -0.389. The number of alkyl halides is 3. The summed E-state index contributed by atoms with van der Waals surface area (Å²) >= 11 is 0. The summed E-state index contributed by atoms with van der Waals surface area (Å²) in [6, 6.07) is 9.98. The van der Waals surface area contributed by atoms with E-state index in [-0.39, 0.29) is 24.6 Å². The lowest BCUT2D eigenvalue weighted by Gasteiger charge is -2.51. The van der Waals surface area contributed by atoms with E-state index < -0.39 is 29.7 Å². The van der Waals surface area contributed by atoms with Crippen molar-refractivity contribution in [1.82, 2.24) is 20.5 Å². The zero-order valence-corrected chi connectivity index (χ0v) is 21.3. The van der Waals surface area contributed by atoms with Crippen LogP contribution in [0.25, 0.3) is 5.70 Å². The maximum Gasteiger partial charge on any atom is 0.406 e. The quantitative estimate of drug-likeness (QED) is 0.377. The molecule has 2 amide bonds. The van der Waals surface area contributed by atoms with Crippen molar-refractivity contribution in [2.45, 2.75) is 24.8 Å². The summed E-state index contributed by atoms with van der Waals surface area (Å²) in [5, 5.41) is 8.16. The molecule has 2 atom stereocenters. The number of pyridine rings is 1. The Labute approximate surface area is 224 Å². The van der Waals surface area contributed by atoms with Crippen molar-refractivity contribution >= 4 is 23.2 Å². The fourth-order valence-electron chi connectivity index (χ4n) is 4.75. The summed E-state index contributed by atoms with van der Waals surface area (Å²) in [4.78, 5) is 30.6. The third-order valence-electron chi connectivity index (χ3n) is 6.86. The number of halogens is 3. The van der Waals surface area contributed by atoms with Gasteiger partial charge in [-0.1, -0.05) is 18.7 Å². The van der Waals surface area contributed by atoms with Crippen molar-refractivity contribution in [2.24, 2.45) is 11.1 Å². The van der Waals surface area contributed by atoms with E-state index in [1.54, 1.807) is 41.3 Å². The van der Waals surface area contributed by atoms with E-state index in [2.05, 4.69) is 27.5 Å². The van der Waals surface area contributed by atoms with Gasteiger partial charge >= 0.3 is 6.18 Å². The molecular weight excluding hydrogens is 513 g/mol. The molecule has 0 saturated carbocycles. The van der Waals surface area contributed by atoms with E-state index in [4.69, 9.17) is 10.5 Å². The van der Waals surface area contributed by atoms with Crippen molar-refractivity contribution in [3.8, 4) is 0 Å². The number of hydrogen-bond donors (Lipinski definition) is 4. The van der Waals surface area contributed by atoms with E-state index in [0.29, 0.717) is 37.6 Å². The monoisotopic (exact) mass is 544 g/mol. The maximum absolute atomic E-state index is 14.9. The Bertz CT molecular complexity index is 1220. The van der Waals surface area contributed by atoms with Gasteiger partial charge in [0, 0.05) is 55.4 Å². The molecule has 3 heterocycles. The minimum Gasteiger partial charge on any atom is -0.379 e. The Morgan fingerprint density at radius 2 is 1.92 bits per heavy atom. The minimum atomic E-state index is -4.94. The lowest BCUT2D eigenvalue weighted by Crippen LogP contribution is -2.72. The van der Waals surface area contributed by atoms with Crippen LogP contribution < -0.4 is 21.7 Å². The van der Waals surface area contributed by atoms with Crippen molar-refractivity contribution in [3.63, 3.8) is 0 Å². The third-order valence-corrected chi connectivity index (χ3v) is 6.86. The molecule has 1 saturated heterocycles. The molecule has 4 rings (SSSR count). The number of ether oxygens (including phenoxy) is 1. The van der Waals surface area contributed by atoms with Crippen LogP contribution >= 0.6 is 0 Å². The van der Waals surface area contributed by atoms with Gasteiger partial charge in [-0.05, 0) is 48.4 Å². The minimum absolute atomic E-state index is 0.0341. The molecule has 1 aromatic heterocycles. The highest BCUT2D eigenvalue weighted by Crippen LogP contribution is 2.49. The molecule has 1 aromatic carbocycles. The average Bonchev–Trinajstić information content (AvgIpc) is 2.94. The highest BCUT2D eigenvalue weighted by Gasteiger charge is 2.64. The summed E-state index contributed by atoms with van der Waals surface area (Å²) in [5.74, 6) is -3.21. The zero-order chi connectivity index (χ0) is 28.1. The molecule has 0 spiro atoms. The first-order valence-electron chi connectivity index (χ1n) is 12.5. The topological polar surface area (TPSA) is 122 Å². The van der Waals surface area contributed by atoms with Gasteiger partial charge in [-0.2, -0.15) is 13.2 Å².